The van der Waals surface area contributed by atoms with Gasteiger partial charge < -0.3 is 8.98 Å². The highest BCUT2D eigenvalue weighted by atomic mass is 32.2. The average Bonchev–Trinajstić information content (AvgIpc) is 3.13. The van der Waals surface area contributed by atoms with Crippen molar-refractivity contribution in [1.82, 2.24) is 19.2 Å². The van der Waals surface area contributed by atoms with Crippen LogP contribution in [0.15, 0.2) is 52.3 Å². The molecule has 0 aliphatic rings. The molecule has 0 unspecified atom stereocenters. The Morgan fingerprint density at radius 2 is 2.08 bits per heavy atom. The highest BCUT2D eigenvalue weighted by Gasteiger charge is 2.23. The van der Waals surface area contributed by atoms with Gasteiger partial charge in [0.25, 0.3) is 10.0 Å². The van der Waals surface area contributed by atoms with Gasteiger partial charge in [-0.15, -0.1) is 0 Å². The van der Waals surface area contributed by atoms with Gasteiger partial charge >= 0.3 is 0 Å². The molecule has 7 nitrogen and oxygen atoms in total. The summed E-state index contributed by atoms with van der Waals surface area (Å²) in [5.41, 5.74) is 0.784. The molecule has 3 rings (SSSR count). The summed E-state index contributed by atoms with van der Waals surface area (Å²) in [6.07, 6.45) is 2.92. The Morgan fingerprint density at radius 3 is 2.71 bits per heavy atom. The molecule has 1 atom stereocenters. The molecule has 0 saturated heterocycles. The number of nitrogens with one attached hydrogen (secondary N) is 1. The number of furan rings is 1. The van der Waals surface area contributed by atoms with Crippen molar-refractivity contribution in [2.45, 2.75) is 11.1 Å². The molecule has 0 aliphatic carbocycles. The Balaban J connectivity index is 1.82. The van der Waals surface area contributed by atoms with E-state index in [4.69, 9.17) is 4.42 Å². The zero-order chi connectivity index (χ0) is 17.3. The zero-order valence-corrected chi connectivity index (χ0v) is 14.6. The number of sulfonamides is 1. The minimum Gasteiger partial charge on any atom is -0.459 e. The van der Waals surface area contributed by atoms with Crippen LogP contribution in [0.4, 0.5) is 0 Å². The van der Waals surface area contributed by atoms with Crippen molar-refractivity contribution in [2.24, 2.45) is 7.05 Å². The lowest BCUT2D eigenvalue weighted by molar-refractivity contribution is 0.263. The summed E-state index contributed by atoms with van der Waals surface area (Å²) in [5, 5.41) is 0.999. The molecular formula is C16H20N4O3S. The second-order valence-electron chi connectivity index (χ2n) is 5.90. The van der Waals surface area contributed by atoms with Crippen molar-refractivity contribution in [3.05, 3.63) is 48.6 Å². The second-order valence-corrected chi connectivity index (χ2v) is 7.61. The number of aromatic nitrogens is 2. The molecule has 0 spiro atoms. The van der Waals surface area contributed by atoms with E-state index in [-0.39, 0.29) is 17.6 Å². The van der Waals surface area contributed by atoms with Gasteiger partial charge in [-0.05, 0) is 26.2 Å². The Hall–Kier alpha value is -2.16. The van der Waals surface area contributed by atoms with Gasteiger partial charge in [0.1, 0.15) is 11.3 Å². The fourth-order valence-corrected chi connectivity index (χ4v) is 3.51. The number of hydrogen-bond donors (Lipinski definition) is 1. The van der Waals surface area contributed by atoms with Crippen LogP contribution in [0.2, 0.25) is 0 Å². The van der Waals surface area contributed by atoms with Gasteiger partial charge in [-0.25, -0.2) is 18.1 Å². The van der Waals surface area contributed by atoms with Gasteiger partial charge in [-0.2, -0.15) is 0 Å². The number of imidazole rings is 1. The summed E-state index contributed by atoms with van der Waals surface area (Å²) in [5.74, 6) is 0.713. The van der Waals surface area contributed by atoms with Crippen molar-refractivity contribution < 1.29 is 12.8 Å². The van der Waals surface area contributed by atoms with Crippen molar-refractivity contribution >= 4 is 21.0 Å². The molecule has 128 valence electrons. The van der Waals surface area contributed by atoms with Gasteiger partial charge in [-0.3, -0.25) is 4.90 Å². The van der Waals surface area contributed by atoms with Crippen molar-refractivity contribution in [3.63, 3.8) is 0 Å². The largest absolute Gasteiger partial charge is 0.459 e. The van der Waals surface area contributed by atoms with E-state index >= 15 is 0 Å². The maximum absolute atomic E-state index is 12.3. The van der Waals surface area contributed by atoms with Crippen LogP contribution in [0.1, 0.15) is 11.8 Å². The summed E-state index contributed by atoms with van der Waals surface area (Å²) in [4.78, 5) is 5.81. The topological polar surface area (TPSA) is 80.4 Å². The summed E-state index contributed by atoms with van der Waals surface area (Å²) in [6, 6.07) is 9.42. The van der Waals surface area contributed by atoms with Crippen molar-refractivity contribution in [2.75, 3.05) is 20.6 Å². The lowest BCUT2D eigenvalue weighted by atomic mass is 10.2. The van der Waals surface area contributed by atoms with Crippen LogP contribution >= 0.6 is 0 Å². The molecule has 1 aromatic carbocycles. The first-order valence-electron chi connectivity index (χ1n) is 7.49. The van der Waals surface area contributed by atoms with Gasteiger partial charge in [-0.1, -0.05) is 18.2 Å². The van der Waals surface area contributed by atoms with Crippen LogP contribution in [0.25, 0.3) is 11.0 Å². The van der Waals surface area contributed by atoms with E-state index in [0.717, 1.165) is 11.0 Å². The predicted octanol–water partition coefficient (Wildman–Crippen LogP) is 1.75. The average molecular weight is 348 g/mol. The number of benzene rings is 1. The van der Waals surface area contributed by atoms with E-state index in [1.54, 1.807) is 11.6 Å². The highest BCUT2D eigenvalue weighted by Crippen LogP contribution is 2.26. The monoisotopic (exact) mass is 348 g/mol. The summed E-state index contributed by atoms with van der Waals surface area (Å²) in [7, 11) is 1.83. The van der Waals surface area contributed by atoms with Crippen molar-refractivity contribution in [3.8, 4) is 0 Å². The lowest BCUT2D eigenvalue weighted by Crippen LogP contribution is -2.34. The molecule has 0 aliphatic heterocycles. The molecule has 2 aromatic heterocycles. The standard InChI is InChI=1S/C16H20N4O3S/c1-19(2)13(15-8-12-6-4-5-7-14(12)23-15)9-18-24(21,22)16-10-20(3)11-17-16/h4-8,10-11,13,18H,9H2,1-3H3/t13-/m1/s1. The van der Waals surface area contributed by atoms with Crippen LogP contribution in [0, 0.1) is 0 Å². The van der Waals surface area contributed by atoms with Crippen LogP contribution in [0.5, 0.6) is 0 Å². The third kappa shape index (κ3) is 3.35. The predicted molar refractivity (Wildman–Crippen MR) is 91.0 cm³/mol. The second kappa shape index (κ2) is 6.39. The zero-order valence-electron chi connectivity index (χ0n) is 13.8. The number of para-hydroxylation sites is 1. The molecule has 0 fully saturated rings. The van der Waals surface area contributed by atoms with E-state index < -0.39 is 10.0 Å². The van der Waals surface area contributed by atoms with E-state index in [2.05, 4.69) is 9.71 Å². The normalized spacial score (nSPS) is 13.7. The van der Waals surface area contributed by atoms with E-state index in [0.29, 0.717) is 5.76 Å². The first kappa shape index (κ1) is 16.7. The van der Waals surface area contributed by atoms with Crippen LogP contribution < -0.4 is 4.72 Å². The van der Waals surface area contributed by atoms with Gasteiger partial charge in [0, 0.05) is 25.2 Å². The maximum atomic E-state index is 12.3. The molecule has 0 radical (unpaired) electrons. The highest BCUT2D eigenvalue weighted by molar-refractivity contribution is 7.89. The first-order valence-corrected chi connectivity index (χ1v) is 8.97. The molecule has 0 saturated carbocycles. The minimum absolute atomic E-state index is 0.00659. The third-order valence-electron chi connectivity index (χ3n) is 3.82. The van der Waals surface area contributed by atoms with Crippen LogP contribution in [-0.4, -0.2) is 43.5 Å². The molecule has 3 aromatic rings. The van der Waals surface area contributed by atoms with Crippen LogP contribution in [0.3, 0.4) is 0 Å². The van der Waals surface area contributed by atoms with Gasteiger partial charge in [0.05, 0.1) is 12.4 Å². The van der Waals surface area contributed by atoms with Gasteiger partial charge in [0.15, 0.2) is 5.03 Å². The first-order chi connectivity index (χ1) is 11.4. The SMILES string of the molecule is CN(C)[C@H](CNS(=O)(=O)c1cn(C)cn1)c1cc2ccccc2o1. The quantitative estimate of drug-likeness (QED) is 0.734. The Morgan fingerprint density at radius 1 is 1.33 bits per heavy atom. The smallest absolute Gasteiger partial charge is 0.259 e. The summed E-state index contributed by atoms with van der Waals surface area (Å²) in [6.45, 7) is 0.186. The van der Waals surface area contributed by atoms with E-state index in [1.807, 2.05) is 49.3 Å². The number of likely N-dealkylation sites (N-methyl/N-ethyl adjacent to an activating group) is 1. The Bertz CT molecular complexity index is 910. The maximum Gasteiger partial charge on any atom is 0.259 e. The van der Waals surface area contributed by atoms with E-state index in [1.165, 1.54) is 12.5 Å². The molecule has 8 heteroatoms. The Kier molecular flexibility index (Phi) is 4.44. The summed E-state index contributed by atoms with van der Waals surface area (Å²) < 4.78 is 34.8. The lowest BCUT2D eigenvalue weighted by Gasteiger charge is -2.22. The number of aryl methyl sites for hydroxylation is 1. The number of fused-ring (bicyclic) bond motifs is 1. The molecule has 2 heterocycles. The third-order valence-corrected chi connectivity index (χ3v) is 5.13. The fraction of sp³-hybridized carbons (Fsp3) is 0.312. The molecule has 0 amide bonds. The van der Waals surface area contributed by atoms with E-state index in [9.17, 15) is 8.42 Å². The molecule has 1 N–H and O–H groups in total. The number of nitrogens with zero attached hydrogens (tertiary/aromatic N) is 3. The van der Waals surface area contributed by atoms with Gasteiger partial charge in [0.2, 0.25) is 0 Å². The minimum atomic E-state index is -3.66. The van der Waals surface area contributed by atoms with Crippen LogP contribution in [-0.2, 0) is 17.1 Å². The molecule has 0 bridgehead atoms. The number of hydrogen-bond acceptors (Lipinski definition) is 5. The Labute approximate surface area is 140 Å². The van der Waals surface area contributed by atoms with Crippen molar-refractivity contribution in [1.29, 1.82) is 0 Å². The fourth-order valence-electron chi connectivity index (χ4n) is 2.49. The molecule has 24 heavy (non-hydrogen) atoms. The summed E-state index contributed by atoms with van der Waals surface area (Å²) >= 11 is 0. The molecular weight excluding hydrogens is 328 g/mol. The number of rotatable bonds is 6.